The van der Waals surface area contributed by atoms with E-state index in [0.29, 0.717) is 16.7 Å². The Labute approximate surface area is 153 Å². The van der Waals surface area contributed by atoms with Gasteiger partial charge in [-0.3, -0.25) is 4.79 Å². The summed E-state index contributed by atoms with van der Waals surface area (Å²) in [4.78, 5) is 12.2. The number of carbonyl (C=O) groups is 1. The molecule has 0 spiro atoms. The molecule has 25 heavy (non-hydrogen) atoms. The number of carbonyl (C=O) groups excluding carboxylic acids is 1. The normalized spacial score (nSPS) is 12.4. The van der Waals surface area contributed by atoms with Crippen LogP contribution in [0.1, 0.15) is 43.4 Å². The molecule has 132 valence electrons. The third-order valence-corrected chi connectivity index (χ3v) is 4.02. The zero-order chi connectivity index (χ0) is 18.4. The second-order valence-electron chi connectivity index (χ2n) is 6.23. The van der Waals surface area contributed by atoms with Crippen LogP contribution < -0.4 is 10.2 Å². The van der Waals surface area contributed by atoms with Crippen LogP contribution in [0.2, 0.25) is 5.02 Å². The van der Waals surface area contributed by atoms with Gasteiger partial charge in [-0.1, -0.05) is 49.7 Å². The van der Waals surface area contributed by atoms with E-state index in [2.05, 4.69) is 30.4 Å². The summed E-state index contributed by atoms with van der Waals surface area (Å²) in [6, 6.07) is 13.3. The zero-order valence-electron chi connectivity index (χ0n) is 14.9. The standard InChI is InChI=1S/C20H23ClN2O2/c1-13(2)17-9-8-14(3)19(11-17)25-15(4)20(24)23-22-12-16-6-5-7-18(21)10-16/h5-13,15H,1-4H3,(H,23,24)/b22-12-/t15-/m1/s1. The number of nitrogens with one attached hydrogen (secondary N) is 1. The molecule has 0 aromatic heterocycles. The lowest BCUT2D eigenvalue weighted by molar-refractivity contribution is -0.127. The molecule has 4 nitrogen and oxygen atoms in total. The first-order chi connectivity index (χ1) is 11.9. The lowest BCUT2D eigenvalue weighted by Gasteiger charge is -2.16. The van der Waals surface area contributed by atoms with Gasteiger partial charge in [-0.25, -0.2) is 5.43 Å². The number of nitrogens with zero attached hydrogens (tertiary/aromatic N) is 1. The van der Waals surface area contributed by atoms with Crippen molar-refractivity contribution in [1.82, 2.24) is 5.43 Å². The molecule has 5 heteroatoms. The molecule has 1 N–H and O–H groups in total. The lowest BCUT2D eigenvalue weighted by Crippen LogP contribution is -2.33. The fraction of sp³-hybridized carbons (Fsp3) is 0.300. The van der Waals surface area contributed by atoms with Crippen LogP contribution in [-0.2, 0) is 4.79 Å². The molecule has 2 aromatic carbocycles. The zero-order valence-corrected chi connectivity index (χ0v) is 15.7. The van der Waals surface area contributed by atoms with Crippen LogP contribution in [0.15, 0.2) is 47.6 Å². The van der Waals surface area contributed by atoms with Crippen molar-refractivity contribution in [3.63, 3.8) is 0 Å². The summed E-state index contributed by atoms with van der Waals surface area (Å²) < 4.78 is 5.81. The summed E-state index contributed by atoms with van der Waals surface area (Å²) in [6.07, 6.45) is 0.888. The largest absolute Gasteiger partial charge is 0.481 e. The summed E-state index contributed by atoms with van der Waals surface area (Å²) in [5.41, 5.74) is 5.46. The van der Waals surface area contributed by atoms with Crippen LogP contribution in [0.5, 0.6) is 5.75 Å². The summed E-state index contributed by atoms with van der Waals surface area (Å²) in [6.45, 7) is 7.90. The minimum atomic E-state index is -0.655. The van der Waals surface area contributed by atoms with E-state index in [1.165, 1.54) is 5.56 Å². The van der Waals surface area contributed by atoms with Gasteiger partial charge in [0.1, 0.15) is 5.75 Å². The SMILES string of the molecule is Cc1ccc(C(C)C)cc1O[C@H](C)C(=O)N/N=C\c1cccc(Cl)c1. The van der Waals surface area contributed by atoms with Gasteiger partial charge in [-0.2, -0.15) is 5.10 Å². The highest BCUT2D eigenvalue weighted by atomic mass is 35.5. The van der Waals surface area contributed by atoms with Crippen LogP contribution in [0.3, 0.4) is 0 Å². The quantitative estimate of drug-likeness (QED) is 0.601. The van der Waals surface area contributed by atoms with E-state index in [0.717, 1.165) is 11.1 Å². The molecular formula is C20H23ClN2O2. The van der Waals surface area contributed by atoms with Crippen LogP contribution in [0.4, 0.5) is 0 Å². The van der Waals surface area contributed by atoms with Gasteiger partial charge in [0.2, 0.25) is 0 Å². The van der Waals surface area contributed by atoms with Gasteiger partial charge < -0.3 is 4.74 Å². The molecule has 0 fully saturated rings. The Morgan fingerprint density at radius 1 is 1.20 bits per heavy atom. The van der Waals surface area contributed by atoms with Crippen LogP contribution in [-0.4, -0.2) is 18.2 Å². The van der Waals surface area contributed by atoms with Gasteiger partial charge >= 0.3 is 0 Å². The maximum atomic E-state index is 12.2. The van der Waals surface area contributed by atoms with Crippen molar-refractivity contribution in [3.8, 4) is 5.75 Å². The number of ether oxygens (including phenoxy) is 1. The molecule has 0 radical (unpaired) electrons. The molecule has 0 heterocycles. The second-order valence-corrected chi connectivity index (χ2v) is 6.67. The Bertz CT molecular complexity index is 772. The van der Waals surface area contributed by atoms with Gasteiger partial charge in [0.05, 0.1) is 6.21 Å². The van der Waals surface area contributed by atoms with Crippen LogP contribution in [0.25, 0.3) is 0 Å². The molecule has 0 saturated carbocycles. The van der Waals surface area contributed by atoms with Crippen molar-refractivity contribution in [3.05, 3.63) is 64.2 Å². The molecule has 0 aliphatic carbocycles. The van der Waals surface area contributed by atoms with E-state index in [9.17, 15) is 4.79 Å². The highest BCUT2D eigenvalue weighted by molar-refractivity contribution is 6.30. The number of hydrazone groups is 1. The summed E-state index contributed by atoms with van der Waals surface area (Å²) in [5, 5.41) is 4.57. The Morgan fingerprint density at radius 2 is 1.96 bits per heavy atom. The van der Waals surface area contributed by atoms with Gasteiger partial charge in [0.15, 0.2) is 6.10 Å². The van der Waals surface area contributed by atoms with Crippen LogP contribution in [0, 0.1) is 6.92 Å². The Hall–Kier alpha value is -2.33. The number of benzene rings is 2. The molecule has 2 aromatic rings. The van der Waals surface area contributed by atoms with Gasteiger partial charge in [0, 0.05) is 5.02 Å². The highest BCUT2D eigenvalue weighted by Crippen LogP contribution is 2.25. The van der Waals surface area contributed by atoms with Crippen molar-refractivity contribution in [1.29, 1.82) is 0 Å². The maximum Gasteiger partial charge on any atom is 0.280 e. The molecule has 0 bridgehead atoms. The number of amides is 1. The number of hydrogen-bond acceptors (Lipinski definition) is 3. The summed E-state index contributed by atoms with van der Waals surface area (Å²) in [5.74, 6) is 0.801. The fourth-order valence-corrected chi connectivity index (χ4v) is 2.39. The second kappa shape index (κ2) is 8.67. The van der Waals surface area contributed by atoms with E-state index in [4.69, 9.17) is 16.3 Å². The van der Waals surface area contributed by atoms with Gasteiger partial charge in [-0.05, 0) is 54.7 Å². The average molecular weight is 359 g/mol. The van der Waals surface area contributed by atoms with Crippen molar-refractivity contribution in [2.45, 2.75) is 39.7 Å². The molecule has 0 aliphatic heterocycles. The van der Waals surface area contributed by atoms with Crippen molar-refractivity contribution < 1.29 is 9.53 Å². The predicted octanol–water partition coefficient (Wildman–Crippen LogP) is 4.69. The molecule has 2 rings (SSSR count). The smallest absolute Gasteiger partial charge is 0.280 e. The van der Waals surface area contributed by atoms with Crippen molar-refractivity contribution in [2.24, 2.45) is 5.10 Å². The van der Waals surface area contributed by atoms with E-state index in [-0.39, 0.29) is 5.91 Å². The Balaban J connectivity index is 1.97. The minimum Gasteiger partial charge on any atom is -0.481 e. The minimum absolute atomic E-state index is 0.312. The van der Waals surface area contributed by atoms with Gasteiger partial charge in [0.25, 0.3) is 5.91 Å². The van der Waals surface area contributed by atoms with Crippen molar-refractivity contribution >= 4 is 23.7 Å². The van der Waals surface area contributed by atoms with Crippen molar-refractivity contribution in [2.75, 3.05) is 0 Å². The first-order valence-corrected chi connectivity index (χ1v) is 8.60. The first-order valence-electron chi connectivity index (χ1n) is 8.22. The molecular weight excluding hydrogens is 336 g/mol. The highest BCUT2D eigenvalue weighted by Gasteiger charge is 2.15. The Kier molecular flexibility index (Phi) is 6.59. The van der Waals surface area contributed by atoms with Gasteiger partial charge in [-0.15, -0.1) is 0 Å². The Morgan fingerprint density at radius 3 is 2.64 bits per heavy atom. The van der Waals surface area contributed by atoms with E-state index >= 15 is 0 Å². The van der Waals surface area contributed by atoms with E-state index in [1.54, 1.807) is 25.3 Å². The molecule has 0 unspecified atom stereocenters. The summed E-state index contributed by atoms with van der Waals surface area (Å²) in [7, 11) is 0. The van der Waals surface area contributed by atoms with Crippen LogP contribution >= 0.6 is 11.6 Å². The fourth-order valence-electron chi connectivity index (χ4n) is 2.19. The number of hydrogen-bond donors (Lipinski definition) is 1. The molecule has 0 aliphatic rings. The predicted molar refractivity (Wildman–Crippen MR) is 103 cm³/mol. The monoisotopic (exact) mass is 358 g/mol. The maximum absolute atomic E-state index is 12.2. The van der Waals surface area contributed by atoms with E-state index in [1.807, 2.05) is 31.2 Å². The number of halogens is 1. The summed E-state index contributed by atoms with van der Waals surface area (Å²) >= 11 is 5.91. The molecule has 1 atom stereocenters. The third kappa shape index (κ3) is 5.61. The molecule has 1 amide bonds. The topological polar surface area (TPSA) is 50.7 Å². The first kappa shape index (κ1) is 19.0. The average Bonchev–Trinajstić information content (AvgIpc) is 2.56. The lowest BCUT2D eigenvalue weighted by atomic mass is 10.0. The number of rotatable bonds is 6. The molecule has 0 saturated heterocycles. The number of aryl methyl sites for hydroxylation is 1. The van der Waals surface area contributed by atoms with E-state index < -0.39 is 6.10 Å². The third-order valence-electron chi connectivity index (χ3n) is 3.79.